The van der Waals surface area contributed by atoms with Gasteiger partial charge in [-0.25, -0.2) is 4.98 Å². The number of fused-ring (bicyclic) bond motifs is 1. The van der Waals surface area contributed by atoms with Gasteiger partial charge in [-0.1, -0.05) is 60.7 Å². The van der Waals surface area contributed by atoms with Crippen molar-refractivity contribution in [1.82, 2.24) is 14.5 Å². The lowest BCUT2D eigenvalue weighted by Crippen LogP contribution is -2.39. The molecule has 1 saturated heterocycles. The van der Waals surface area contributed by atoms with Crippen molar-refractivity contribution in [3.05, 3.63) is 121 Å². The maximum Gasteiger partial charge on any atom is 0.257 e. The minimum absolute atomic E-state index is 0.0185. The van der Waals surface area contributed by atoms with Crippen molar-refractivity contribution in [2.24, 2.45) is 5.92 Å². The largest absolute Gasteiger partial charge is 0.486 e. The van der Waals surface area contributed by atoms with Gasteiger partial charge in [0.15, 0.2) is 0 Å². The van der Waals surface area contributed by atoms with E-state index in [4.69, 9.17) is 14.5 Å². The van der Waals surface area contributed by atoms with E-state index in [1.807, 2.05) is 102 Å². The van der Waals surface area contributed by atoms with Crippen molar-refractivity contribution in [3.8, 4) is 17.2 Å². The monoisotopic (exact) mass is 517 g/mol. The number of likely N-dealkylation sites (tertiary alicyclic amines) is 1. The molecule has 0 bridgehead atoms. The Morgan fingerprint density at radius 1 is 0.769 bits per heavy atom. The Hall–Kier alpha value is -4.58. The zero-order chi connectivity index (χ0) is 26.4. The topological polar surface area (TPSA) is 56.6 Å². The molecule has 0 radical (unpaired) electrons. The molecular weight excluding hydrogens is 486 g/mol. The molecule has 6 rings (SSSR count). The summed E-state index contributed by atoms with van der Waals surface area (Å²) >= 11 is 0. The molecule has 1 aliphatic rings. The van der Waals surface area contributed by atoms with E-state index in [2.05, 4.69) is 16.7 Å². The lowest BCUT2D eigenvalue weighted by atomic mass is 9.96. The van der Waals surface area contributed by atoms with Gasteiger partial charge in [0.2, 0.25) is 0 Å². The number of carbonyl (C=O) groups excluding carboxylic acids is 1. The highest BCUT2D eigenvalue weighted by atomic mass is 16.5. The van der Waals surface area contributed by atoms with E-state index in [0.29, 0.717) is 36.9 Å². The van der Waals surface area contributed by atoms with Crippen LogP contribution in [-0.4, -0.2) is 33.4 Å². The highest BCUT2D eigenvalue weighted by molar-refractivity contribution is 5.97. The number of rotatable bonds is 8. The minimum atomic E-state index is 0.0185. The van der Waals surface area contributed by atoms with Crippen molar-refractivity contribution in [1.29, 1.82) is 0 Å². The van der Waals surface area contributed by atoms with Crippen LogP contribution in [0.1, 0.15) is 29.0 Å². The molecule has 1 aliphatic heterocycles. The molecular formula is C33H31N3O3. The Morgan fingerprint density at radius 3 is 2.18 bits per heavy atom. The van der Waals surface area contributed by atoms with Gasteiger partial charge in [-0.2, -0.15) is 0 Å². The Labute approximate surface area is 228 Å². The van der Waals surface area contributed by atoms with E-state index >= 15 is 0 Å². The highest BCUT2D eigenvalue weighted by Crippen LogP contribution is 2.29. The summed E-state index contributed by atoms with van der Waals surface area (Å²) in [5.41, 5.74) is 2.70. The van der Waals surface area contributed by atoms with Crippen LogP contribution in [0.25, 0.3) is 11.0 Å². The zero-order valence-electron chi connectivity index (χ0n) is 21.8. The van der Waals surface area contributed by atoms with Crippen LogP contribution in [0.2, 0.25) is 0 Å². The highest BCUT2D eigenvalue weighted by Gasteiger charge is 2.27. The normalized spacial score (nSPS) is 13.9. The van der Waals surface area contributed by atoms with Gasteiger partial charge in [0.25, 0.3) is 5.91 Å². The van der Waals surface area contributed by atoms with E-state index in [1.165, 1.54) is 0 Å². The molecule has 1 amide bonds. The van der Waals surface area contributed by atoms with E-state index in [0.717, 1.165) is 47.7 Å². The Bertz CT molecular complexity index is 1540. The van der Waals surface area contributed by atoms with Crippen LogP contribution in [0.5, 0.6) is 17.2 Å². The predicted molar refractivity (Wildman–Crippen MR) is 152 cm³/mol. The van der Waals surface area contributed by atoms with Crippen LogP contribution in [0, 0.1) is 5.92 Å². The smallest absolute Gasteiger partial charge is 0.257 e. The van der Waals surface area contributed by atoms with Crippen LogP contribution in [0.3, 0.4) is 0 Å². The molecule has 1 fully saturated rings. The van der Waals surface area contributed by atoms with Crippen LogP contribution >= 0.6 is 0 Å². The molecule has 4 aromatic carbocycles. The third-order valence-corrected chi connectivity index (χ3v) is 7.28. The summed E-state index contributed by atoms with van der Waals surface area (Å²) in [6.07, 6.45) is 1.86. The first-order chi connectivity index (χ1) is 19.2. The van der Waals surface area contributed by atoms with Crippen LogP contribution in [-0.2, 0) is 13.2 Å². The van der Waals surface area contributed by atoms with Crippen molar-refractivity contribution in [2.45, 2.75) is 26.0 Å². The molecule has 0 unspecified atom stereocenters. The number of nitrogens with zero attached hydrogens (tertiary/aromatic N) is 3. The Morgan fingerprint density at radius 2 is 1.41 bits per heavy atom. The van der Waals surface area contributed by atoms with Gasteiger partial charge < -0.3 is 18.9 Å². The molecule has 0 spiro atoms. The van der Waals surface area contributed by atoms with E-state index < -0.39 is 0 Å². The predicted octanol–water partition coefficient (Wildman–Crippen LogP) is 6.96. The first-order valence-electron chi connectivity index (χ1n) is 13.5. The third-order valence-electron chi connectivity index (χ3n) is 7.28. The Balaban J connectivity index is 1.13. The first-order valence-corrected chi connectivity index (χ1v) is 13.5. The number of imidazole rings is 1. The van der Waals surface area contributed by atoms with Crippen LogP contribution in [0.4, 0.5) is 0 Å². The molecule has 196 valence electrons. The third kappa shape index (κ3) is 5.65. The number of ether oxygens (including phenoxy) is 2. The quantitative estimate of drug-likeness (QED) is 0.223. The van der Waals surface area contributed by atoms with Gasteiger partial charge >= 0.3 is 0 Å². The number of amides is 1. The number of para-hydroxylation sites is 5. The molecule has 2 heterocycles. The van der Waals surface area contributed by atoms with E-state index in [1.54, 1.807) is 0 Å². The SMILES string of the molecule is O=C(c1ccccc1Oc1ccccc1)N1CCC(Cn2c(COc3ccccc3)nc3ccccc32)CC1. The van der Waals surface area contributed by atoms with Gasteiger partial charge in [-0.05, 0) is 67.3 Å². The molecule has 6 nitrogen and oxygen atoms in total. The molecule has 0 aliphatic carbocycles. The van der Waals surface area contributed by atoms with Gasteiger partial charge in [0.1, 0.15) is 29.7 Å². The number of benzene rings is 4. The lowest BCUT2D eigenvalue weighted by molar-refractivity contribution is 0.0680. The standard InChI is InChI=1S/C33H31N3O3/c37-33(28-15-7-10-18-31(28)39-27-13-5-2-6-14-27)35-21-19-25(20-22-35)23-36-30-17-9-8-16-29(30)34-32(36)24-38-26-11-3-1-4-12-26/h1-18,25H,19-24H2. The van der Waals surface area contributed by atoms with Gasteiger partial charge in [-0.15, -0.1) is 0 Å². The summed E-state index contributed by atoms with van der Waals surface area (Å²) in [6.45, 7) is 2.69. The fraction of sp³-hybridized carbons (Fsp3) is 0.212. The molecule has 5 aromatic rings. The fourth-order valence-electron chi connectivity index (χ4n) is 5.20. The van der Waals surface area contributed by atoms with Gasteiger partial charge in [0, 0.05) is 19.6 Å². The summed E-state index contributed by atoms with van der Waals surface area (Å²) < 4.78 is 14.4. The summed E-state index contributed by atoms with van der Waals surface area (Å²) in [4.78, 5) is 20.3. The summed E-state index contributed by atoms with van der Waals surface area (Å²) in [6, 6.07) is 35.2. The van der Waals surface area contributed by atoms with E-state index in [9.17, 15) is 4.79 Å². The maximum atomic E-state index is 13.5. The minimum Gasteiger partial charge on any atom is -0.486 e. The number of aromatic nitrogens is 2. The fourth-order valence-corrected chi connectivity index (χ4v) is 5.20. The molecule has 0 atom stereocenters. The lowest BCUT2D eigenvalue weighted by Gasteiger charge is -2.33. The van der Waals surface area contributed by atoms with Crippen LogP contribution < -0.4 is 9.47 Å². The average Bonchev–Trinajstić information content (AvgIpc) is 3.34. The summed E-state index contributed by atoms with van der Waals surface area (Å²) in [7, 11) is 0. The van der Waals surface area contributed by atoms with Gasteiger partial charge in [-0.3, -0.25) is 4.79 Å². The van der Waals surface area contributed by atoms with Crippen LogP contribution in [0.15, 0.2) is 109 Å². The Kier molecular flexibility index (Phi) is 7.25. The molecule has 39 heavy (non-hydrogen) atoms. The van der Waals surface area contributed by atoms with E-state index in [-0.39, 0.29) is 5.91 Å². The van der Waals surface area contributed by atoms with Crippen molar-refractivity contribution < 1.29 is 14.3 Å². The second kappa shape index (κ2) is 11.4. The number of hydrogen-bond donors (Lipinski definition) is 0. The van der Waals surface area contributed by atoms with Gasteiger partial charge in [0.05, 0.1) is 16.6 Å². The van der Waals surface area contributed by atoms with Crippen molar-refractivity contribution in [3.63, 3.8) is 0 Å². The molecule has 1 aromatic heterocycles. The molecule has 0 N–H and O–H groups in total. The van der Waals surface area contributed by atoms with Crippen molar-refractivity contribution in [2.75, 3.05) is 13.1 Å². The summed E-state index contributed by atoms with van der Waals surface area (Å²) in [5, 5.41) is 0. The second-order valence-electron chi connectivity index (χ2n) is 9.88. The average molecular weight is 518 g/mol. The molecule has 0 saturated carbocycles. The number of carbonyl (C=O) groups is 1. The maximum absolute atomic E-state index is 13.5. The number of piperidine rings is 1. The molecule has 6 heteroatoms. The van der Waals surface area contributed by atoms with Crippen molar-refractivity contribution >= 4 is 16.9 Å². The first kappa shape index (κ1) is 24.7. The second-order valence-corrected chi connectivity index (χ2v) is 9.88. The number of hydrogen-bond acceptors (Lipinski definition) is 4. The zero-order valence-corrected chi connectivity index (χ0v) is 21.8. The summed E-state index contributed by atoms with van der Waals surface area (Å²) in [5.74, 6) is 3.52.